The lowest BCUT2D eigenvalue weighted by atomic mass is 10.3. The largest absolute Gasteiger partial charge is 0.311 e. The summed E-state index contributed by atoms with van der Waals surface area (Å²) in [5.41, 5.74) is 2.24. The molecule has 2 rings (SSSR count). The van der Waals surface area contributed by atoms with Gasteiger partial charge in [0.25, 0.3) is 0 Å². The highest BCUT2D eigenvalue weighted by molar-refractivity contribution is 5.03. The van der Waals surface area contributed by atoms with Gasteiger partial charge < -0.3 is 5.32 Å². The summed E-state index contributed by atoms with van der Waals surface area (Å²) in [5, 5.41) is 3.44. The van der Waals surface area contributed by atoms with Gasteiger partial charge >= 0.3 is 0 Å². The lowest BCUT2D eigenvalue weighted by molar-refractivity contribution is 0.271. The summed E-state index contributed by atoms with van der Waals surface area (Å²) in [6, 6.07) is 12.1. The van der Waals surface area contributed by atoms with Crippen molar-refractivity contribution in [2.75, 3.05) is 19.6 Å². The van der Waals surface area contributed by atoms with E-state index < -0.39 is 0 Å². The Hall–Kier alpha value is -1.78. The van der Waals surface area contributed by atoms with Gasteiger partial charge in [-0.05, 0) is 50.3 Å². The highest BCUT2D eigenvalue weighted by atomic mass is 15.1. The number of nitrogens with zero attached hydrogens (tertiary/aromatic N) is 3. The van der Waals surface area contributed by atoms with Gasteiger partial charge in [-0.25, -0.2) is 0 Å². The van der Waals surface area contributed by atoms with E-state index in [9.17, 15) is 0 Å². The van der Waals surface area contributed by atoms with E-state index in [0.29, 0.717) is 0 Å². The van der Waals surface area contributed by atoms with Gasteiger partial charge in [0.05, 0.1) is 11.4 Å². The summed E-state index contributed by atoms with van der Waals surface area (Å²) in [7, 11) is 0. The van der Waals surface area contributed by atoms with Crippen LogP contribution in [0, 0.1) is 0 Å². The van der Waals surface area contributed by atoms with Crippen molar-refractivity contribution in [1.82, 2.24) is 20.2 Å². The first kappa shape index (κ1) is 15.6. The Morgan fingerprint density at radius 2 is 1.71 bits per heavy atom. The smallest absolute Gasteiger partial charge is 0.0543 e. The first-order valence-electron chi connectivity index (χ1n) is 7.61. The normalized spacial score (nSPS) is 11.0. The molecule has 0 saturated heterocycles. The molecular weight excluding hydrogens is 260 g/mol. The maximum atomic E-state index is 4.39. The van der Waals surface area contributed by atoms with E-state index in [1.54, 1.807) is 0 Å². The molecule has 0 fully saturated rings. The van der Waals surface area contributed by atoms with Crippen molar-refractivity contribution in [1.29, 1.82) is 0 Å². The molecule has 2 heterocycles. The lowest BCUT2D eigenvalue weighted by Crippen LogP contribution is -2.27. The standard InChI is InChI=1S/C17H24N4/c1-2-21(15-17-9-4-6-12-20-17)13-7-10-18-14-16-8-3-5-11-19-16/h3-6,8-9,11-12,18H,2,7,10,13-15H2,1H3. The Labute approximate surface area is 127 Å². The topological polar surface area (TPSA) is 41.0 Å². The van der Waals surface area contributed by atoms with Crippen LogP contribution in [0.2, 0.25) is 0 Å². The molecule has 0 bridgehead atoms. The lowest BCUT2D eigenvalue weighted by Gasteiger charge is -2.19. The fourth-order valence-electron chi connectivity index (χ4n) is 2.22. The molecule has 0 amide bonds. The molecular formula is C17H24N4. The monoisotopic (exact) mass is 284 g/mol. The molecule has 2 aromatic heterocycles. The van der Waals surface area contributed by atoms with Gasteiger partial charge in [-0.2, -0.15) is 0 Å². The van der Waals surface area contributed by atoms with Crippen LogP contribution in [0.5, 0.6) is 0 Å². The number of hydrogen-bond acceptors (Lipinski definition) is 4. The van der Waals surface area contributed by atoms with Crippen LogP contribution in [0.4, 0.5) is 0 Å². The Morgan fingerprint density at radius 3 is 2.33 bits per heavy atom. The number of nitrogens with one attached hydrogen (secondary N) is 1. The minimum atomic E-state index is 0.840. The Bertz CT molecular complexity index is 487. The van der Waals surface area contributed by atoms with E-state index in [0.717, 1.165) is 50.5 Å². The van der Waals surface area contributed by atoms with Gasteiger partial charge in [0, 0.05) is 25.5 Å². The van der Waals surface area contributed by atoms with Crippen molar-refractivity contribution in [2.24, 2.45) is 0 Å². The Morgan fingerprint density at radius 1 is 1.00 bits per heavy atom. The summed E-state index contributed by atoms with van der Waals surface area (Å²) >= 11 is 0. The van der Waals surface area contributed by atoms with Crippen molar-refractivity contribution >= 4 is 0 Å². The van der Waals surface area contributed by atoms with Crippen LogP contribution in [0.25, 0.3) is 0 Å². The molecule has 0 spiro atoms. The third-order valence-electron chi connectivity index (χ3n) is 3.42. The van der Waals surface area contributed by atoms with E-state index >= 15 is 0 Å². The summed E-state index contributed by atoms with van der Waals surface area (Å²) in [4.78, 5) is 11.1. The summed E-state index contributed by atoms with van der Waals surface area (Å²) < 4.78 is 0. The molecule has 0 aliphatic rings. The minimum absolute atomic E-state index is 0.840. The molecule has 112 valence electrons. The van der Waals surface area contributed by atoms with Crippen LogP contribution in [0.1, 0.15) is 24.7 Å². The summed E-state index contributed by atoms with van der Waals surface area (Å²) in [6.07, 6.45) is 4.83. The third-order valence-corrected chi connectivity index (χ3v) is 3.42. The second-order valence-corrected chi connectivity index (χ2v) is 5.04. The zero-order valence-corrected chi connectivity index (χ0v) is 12.7. The maximum absolute atomic E-state index is 4.39. The highest BCUT2D eigenvalue weighted by Crippen LogP contribution is 2.01. The average Bonchev–Trinajstić information content (AvgIpc) is 2.55. The van der Waals surface area contributed by atoms with Crippen LogP contribution in [0.3, 0.4) is 0 Å². The predicted octanol–water partition coefficient (Wildman–Crippen LogP) is 2.48. The molecule has 1 N–H and O–H groups in total. The first-order chi connectivity index (χ1) is 10.4. The Balaban J connectivity index is 1.62. The van der Waals surface area contributed by atoms with Gasteiger partial charge in [-0.1, -0.05) is 19.1 Å². The molecule has 4 heteroatoms. The van der Waals surface area contributed by atoms with E-state index in [1.807, 2.05) is 42.7 Å². The van der Waals surface area contributed by atoms with Crippen LogP contribution < -0.4 is 5.32 Å². The van der Waals surface area contributed by atoms with Crippen LogP contribution in [-0.2, 0) is 13.1 Å². The predicted molar refractivity (Wildman–Crippen MR) is 85.7 cm³/mol. The van der Waals surface area contributed by atoms with Gasteiger partial charge in [0.2, 0.25) is 0 Å². The van der Waals surface area contributed by atoms with E-state index in [-0.39, 0.29) is 0 Å². The molecule has 0 saturated carbocycles. The number of aromatic nitrogens is 2. The van der Waals surface area contributed by atoms with Crippen LogP contribution in [-0.4, -0.2) is 34.5 Å². The third kappa shape index (κ3) is 6.02. The van der Waals surface area contributed by atoms with E-state index in [1.165, 1.54) is 0 Å². The number of rotatable bonds is 9. The molecule has 0 aliphatic carbocycles. The molecule has 0 atom stereocenters. The average molecular weight is 284 g/mol. The van der Waals surface area contributed by atoms with Crippen molar-refractivity contribution in [3.8, 4) is 0 Å². The molecule has 0 aliphatic heterocycles. The van der Waals surface area contributed by atoms with E-state index in [2.05, 4.69) is 33.2 Å². The van der Waals surface area contributed by atoms with Crippen molar-refractivity contribution < 1.29 is 0 Å². The SMILES string of the molecule is CCN(CCCNCc1ccccn1)Cc1ccccn1. The van der Waals surface area contributed by atoms with Gasteiger partial charge in [-0.15, -0.1) is 0 Å². The summed E-state index contributed by atoms with van der Waals surface area (Å²) in [5.74, 6) is 0. The summed E-state index contributed by atoms with van der Waals surface area (Å²) in [6.45, 7) is 7.11. The molecule has 21 heavy (non-hydrogen) atoms. The highest BCUT2D eigenvalue weighted by Gasteiger charge is 2.03. The molecule has 4 nitrogen and oxygen atoms in total. The molecule has 0 radical (unpaired) electrons. The van der Waals surface area contributed by atoms with Crippen molar-refractivity contribution in [3.05, 3.63) is 60.2 Å². The van der Waals surface area contributed by atoms with E-state index in [4.69, 9.17) is 0 Å². The van der Waals surface area contributed by atoms with Crippen molar-refractivity contribution in [2.45, 2.75) is 26.4 Å². The quantitative estimate of drug-likeness (QED) is 0.718. The molecule has 0 unspecified atom stereocenters. The first-order valence-corrected chi connectivity index (χ1v) is 7.61. The Kier molecular flexibility index (Phi) is 6.84. The van der Waals surface area contributed by atoms with Gasteiger partial charge in [-0.3, -0.25) is 14.9 Å². The van der Waals surface area contributed by atoms with Crippen LogP contribution >= 0.6 is 0 Å². The number of hydrogen-bond donors (Lipinski definition) is 1. The van der Waals surface area contributed by atoms with Gasteiger partial charge in [0.1, 0.15) is 0 Å². The second-order valence-electron chi connectivity index (χ2n) is 5.04. The minimum Gasteiger partial charge on any atom is -0.311 e. The molecule has 0 aromatic carbocycles. The fraction of sp³-hybridized carbons (Fsp3) is 0.412. The zero-order chi connectivity index (χ0) is 14.8. The second kappa shape index (κ2) is 9.21. The molecule has 2 aromatic rings. The zero-order valence-electron chi connectivity index (χ0n) is 12.7. The van der Waals surface area contributed by atoms with Crippen molar-refractivity contribution in [3.63, 3.8) is 0 Å². The fourth-order valence-corrected chi connectivity index (χ4v) is 2.22. The van der Waals surface area contributed by atoms with Gasteiger partial charge in [0.15, 0.2) is 0 Å². The number of pyridine rings is 2. The maximum Gasteiger partial charge on any atom is 0.0543 e. The van der Waals surface area contributed by atoms with Crippen LogP contribution in [0.15, 0.2) is 48.8 Å².